The Kier molecular flexibility index (Phi) is 9.31. The van der Waals surface area contributed by atoms with E-state index in [-0.39, 0.29) is 29.0 Å². The van der Waals surface area contributed by atoms with Crippen LogP contribution in [0.2, 0.25) is 0 Å². The van der Waals surface area contributed by atoms with Crippen LogP contribution in [-0.4, -0.2) is 40.5 Å². The zero-order chi connectivity index (χ0) is 28.9. The minimum atomic E-state index is -0.399. The lowest BCUT2D eigenvalue weighted by Gasteiger charge is -2.42. The number of pyridine rings is 1. The Hall–Kier alpha value is -3.64. The van der Waals surface area contributed by atoms with Gasteiger partial charge in [0.2, 0.25) is 5.88 Å². The third-order valence-corrected chi connectivity index (χ3v) is 8.18. The normalized spacial score (nSPS) is 14.6. The van der Waals surface area contributed by atoms with Crippen LogP contribution in [0.3, 0.4) is 0 Å². The SMILES string of the molecule is CCC(C)C#CCCC1(NC(=O)c2cc(OC)ncc2NC(=O)c2c(OC(C)C)ccc3nc(C)sc23)CCC1. The van der Waals surface area contributed by atoms with Crippen LogP contribution in [0, 0.1) is 24.7 Å². The number of hydrogen-bond acceptors (Lipinski definition) is 7. The number of anilines is 1. The number of ether oxygens (including phenoxy) is 2. The van der Waals surface area contributed by atoms with E-state index in [0.29, 0.717) is 22.9 Å². The topological polar surface area (TPSA) is 102 Å². The maximum atomic E-state index is 13.8. The number of nitrogens with zero attached hydrogens (tertiary/aromatic N) is 2. The quantitative estimate of drug-likeness (QED) is 0.272. The highest BCUT2D eigenvalue weighted by atomic mass is 32.1. The number of rotatable bonds is 10. The lowest BCUT2D eigenvalue weighted by atomic mass is 9.73. The molecule has 1 saturated carbocycles. The van der Waals surface area contributed by atoms with E-state index in [1.807, 2.05) is 26.8 Å². The number of aromatic nitrogens is 2. The Morgan fingerprint density at radius 3 is 2.62 bits per heavy atom. The molecule has 0 saturated heterocycles. The average Bonchev–Trinajstić information content (AvgIpc) is 3.28. The Morgan fingerprint density at radius 1 is 1.20 bits per heavy atom. The first-order chi connectivity index (χ1) is 19.1. The van der Waals surface area contributed by atoms with Crippen molar-refractivity contribution in [1.82, 2.24) is 15.3 Å². The second-order valence-corrected chi connectivity index (χ2v) is 11.8. The van der Waals surface area contributed by atoms with E-state index in [1.165, 1.54) is 24.6 Å². The van der Waals surface area contributed by atoms with Gasteiger partial charge in [0.05, 0.1) is 45.9 Å². The number of amides is 2. The van der Waals surface area contributed by atoms with E-state index in [4.69, 9.17) is 9.47 Å². The van der Waals surface area contributed by atoms with E-state index in [9.17, 15) is 9.59 Å². The van der Waals surface area contributed by atoms with Crippen LogP contribution >= 0.6 is 11.3 Å². The third kappa shape index (κ3) is 6.73. The van der Waals surface area contributed by atoms with Crippen molar-refractivity contribution in [2.45, 2.75) is 84.8 Å². The molecule has 1 unspecified atom stereocenters. The molecule has 212 valence electrons. The van der Waals surface area contributed by atoms with Gasteiger partial charge in [0.15, 0.2) is 0 Å². The molecule has 8 nitrogen and oxygen atoms in total. The zero-order valence-electron chi connectivity index (χ0n) is 24.1. The van der Waals surface area contributed by atoms with Crippen molar-refractivity contribution in [3.05, 3.63) is 40.5 Å². The molecule has 1 aromatic carbocycles. The van der Waals surface area contributed by atoms with Crippen molar-refractivity contribution in [3.8, 4) is 23.5 Å². The van der Waals surface area contributed by atoms with E-state index in [0.717, 1.165) is 53.7 Å². The summed E-state index contributed by atoms with van der Waals surface area (Å²) in [5, 5.41) is 7.02. The van der Waals surface area contributed by atoms with Gasteiger partial charge < -0.3 is 20.1 Å². The van der Waals surface area contributed by atoms with Crippen LogP contribution in [0.15, 0.2) is 24.4 Å². The monoisotopic (exact) mass is 562 g/mol. The van der Waals surface area contributed by atoms with E-state index >= 15 is 0 Å². The van der Waals surface area contributed by atoms with Gasteiger partial charge in [-0.2, -0.15) is 0 Å². The molecule has 40 heavy (non-hydrogen) atoms. The van der Waals surface area contributed by atoms with Gasteiger partial charge in [0, 0.05) is 23.9 Å². The maximum Gasteiger partial charge on any atom is 0.261 e. The molecule has 1 aliphatic rings. The molecule has 0 spiro atoms. The summed E-state index contributed by atoms with van der Waals surface area (Å²) < 4.78 is 12.0. The number of thiazole rings is 1. The van der Waals surface area contributed by atoms with Gasteiger partial charge in [0.25, 0.3) is 11.8 Å². The predicted octanol–water partition coefficient (Wildman–Crippen LogP) is 6.53. The third-order valence-electron chi connectivity index (χ3n) is 7.18. The number of benzene rings is 1. The summed E-state index contributed by atoms with van der Waals surface area (Å²) in [6.07, 6.45) is 6.72. The van der Waals surface area contributed by atoms with Crippen LogP contribution in [-0.2, 0) is 0 Å². The number of nitrogens with one attached hydrogen (secondary N) is 2. The number of methoxy groups -OCH3 is 1. The molecular weight excluding hydrogens is 524 g/mol. The highest BCUT2D eigenvalue weighted by Crippen LogP contribution is 2.37. The molecule has 2 heterocycles. The minimum absolute atomic E-state index is 0.129. The number of aryl methyl sites for hydroxylation is 1. The first-order valence-corrected chi connectivity index (χ1v) is 14.7. The smallest absolute Gasteiger partial charge is 0.261 e. The molecule has 3 aromatic rings. The van der Waals surface area contributed by atoms with Crippen LogP contribution in [0.4, 0.5) is 5.69 Å². The molecule has 1 atom stereocenters. The number of hydrogen-bond donors (Lipinski definition) is 2. The van der Waals surface area contributed by atoms with Crippen molar-refractivity contribution in [3.63, 3.8) is 0 Å². The molecule has 1 aliphatic carbocycles. The Morgan fingerprint density at radius 2 is 1.98 bits per heavy atom. The second-order valence-electron chi connectivity index (χ2n) is 10.6. The zero-order valence-corrected chi connectivity index (χ0v) is 25.0. The Bertz CT molecular complexity index is 1450. The van der Waals surface area contributed by atoms with Crippen molar-refractivity contribution in [2.24, 2.45) is 5.92 Å². The van der Waals surface area contributed by atoms with Gasteiger partial charge in [-0.15, -0.1) is 23.2 Å². The van der Waals surface area contributed by atoms with Crippen molar-refractivity contribution < 1.29 is 19.1 Å². The fraction of sp³-hybridized carbons (Fsp3) is 0.484. The predicted molar refractivity (Wildman–Crippen MR) is 159 cm³/mol. The summed E-state index contributed by atoms with van der Waals surface area (Å²) in [6, 6.07) is 5.18. The fourth-order valence-corrected chi connectivity index (χ4v) is 5.62. The molecule has 9 heteroatoms. The summed E-state index contributed by atoms with van der Waals surface area (Å²) in [4.78, 5) is 36.2. The number of carbonyl (C=O) groups is 2. The van der Waals surface area contributed by atoms with Crippen molar-refractivity contribution in [2.75, 3.05) is 12.4 Å². The van der Waals surface area contributed by atoms with Crippen LogP contribution in [0.1, 0.15) is 91.9 Å². The van der Waals surface area contributed by atoms with Crippen molar-refractivity contribution >= 4 is 39.1 Å². The summed E-state index contributed by atoms with van der Waals surface area (Å²) in [7, 11) is 1.49. The van der Waals surface area contributed by atoms with E-state index in [1.54, 1.807) is 12.1 Å². The van der Waals surface area contributed by atoms with Crippen LogP contribution in [0.25, 0.3) is 10.2 Å². The number of fused-ring (bicyclic) bond motifs is 1. The minimum Gasteiger partial charge on any atom is -0.490 e. The fourth-order valence-electron chi connectivity index (χ4n) is 4.67. The van der Waals surface area contributed by atoms with Gasteiger partial charge in [-0.05, 0) is 65.0 Å². The Labute approximate surface area is 240 Å². The maximum absolute atomic E-state index is 13.8. The Balaban J connectivity index is 1.61. The number of carbonyl (C=O) groups excluding carboxylic acids is 2. The van der Waals surface area contributed by atoms with E-state index < -0.39 is 5.91 Å². The average molecular weight is 563 g/mol. The molecular formula is C31H38N4O4S. The van der Waals surface area contributed by atoms with Gasteiger partial charge >= 0.3 is 0 Å². The first kappa shape index (κ1) is 29.3. The van der Waals surface area contributed by atoms with Crippen LogP contribution < -0.4 is 20.1 Å². The molecule has 1 fully saturated rings. The summed E-state index contributed by atoms with van der Waals surface area (Å²) in [5.74, 6) is 7.00. The molecule has 0 radical (unpaired) electrons. The van der Waals surface area contributed by atoms with Gasteiger partial charge in [-0.1, -0.05) is 13.8 Å². The first-order valence-electron chi connectivity index (χ1n) is 13.9. The van der Waals surface area contributed by atoms with Crippen molar-refractivity contribution in [1.29, 1.82) is 0 Å². The van der Waals surface area contributed by atoms with Crippen LogP contribution in [0.5, 0.6) is 11.6 Å². The largest absolute Gasteiger partial charge is 0.490 e. The molecule has 2 amide bonds. The highest BCUT2D eigenvalue weighted by Gasteiger charge is 2.38. The summed E-state index contributed by atoms with van der Waals surface area (Å²) >= 11 is 1.43. The lowest BCUT2D eigenvalue weighted by molar-refractivity contribution is 0.0815. The molecule has 0 aliphatic heterocycles. The highest BCUT2D eigenvalue weighted by molar-refractivity contribution is 7.19. The standard InChI is InChI=1S/C31H38N4O4S/c1-7-20(4)11-8-9-14-31(15-10-16-31)35-29(36)22-17-26(38-6)32-18-24(22)34-30(37)27-25(39-19(2)3)13-12-23-28(27)40-21(5)33-23/h12-13,17-20H,7,9-10,14-16H2,1-6H3,(H,34,37)(H,35,36). The molecule has 2 N–H and O–H groups in total. The molecule has 0 bridgehead atoms. The van der Waals surface area contributed by atoms with E-state index in [2.05, 4.69) is 46.3 Å². The summed E-state index contributed by atoms with van der Waals surface area (Å²) in [6.45, 7) is 9.97. The second kappa shape index (κ2) is 12.7. The van der Waals surface area contributed by atoms with Gasteiger partial charge in [-0.25, -0.2) is 9.97 Å². The molecule has 2 aromatic heterocycles. The van der Waals surface area contributed by atoms with Gasteiger partial charge in [-0.3, -0.25) is 9.59 Å². The van der Waals surface area contributed by atoms with Gasteiger partial charge in [0.1, 0.15) is 11.3 Å². The lowest BCUT2D eigenvalue weighted by Crippen LogP contribution is -2.53. The molecule has 4 rings (SSSR count). The summed E-state index contributed by atoms with van der Waals surface area (Å²) in [5.41, 5.74) is 1.38.